The van der Waals surface area contributed by atoms with Gasteiger partial charge in [0.05, 0.1) is 12.2 Å². The van der Waals surface area contributed by atoms with E-state index in [1.807, 2.05) is 0 Å². The van der Waals surface area contributed by atoms with Crippen LogP contribution in [0.25, 0.3) is 0 Å². The molecule has 0 atom stereocenters. The Morgan fingerprint density at radius 2 is 1.96 bits per heavy atom. The number of rotatable bonds is 7. The zero-order valence-corrected chi connectivity index (χ0v) is 12.9. The van der Waals surface area contributed by atoms with Crippen molar-refractivity contribution in [3.05, 3.63) is 47.4 Å². The second-order valence-electron chi connectivity index (χ2n) is 4.62. The first-order valence-electron chi connectivity index (χ1n) is 7.06. The maximum Gasteiger partial charge on any atom is 0.387 e. The van der Waals surface area contributed by atoms with Gasteiger partial charge in [0.2, 0.25) is 5.88 Å². The van der Waals surface area contributed by atoms with E-state index in [4.69, 9.17) is 4.74 Å². The largest absolute Gasteiger partial charge is 0.478 e. The van der Waals surface area contributed by atoms with E-state index in [-0.39, 0.29) is 12.4 Å². The zero-order valence-electron chi connectivity index (χ0n) is 12.9. The van der Waals surface area contributed by atoms with Gasteiger partial charge in [-0.1, -0.05) is 0 Å². The van der Waals surface area contributed by atoms with E-state index < -0.39 is 35.5 Å². The molecule has 2 aromatic rings. The Labute approximate surface area is 139 Å². The summed E-state index contributed by atoms with van der Waals surface area (Å²) in [6, 6.07) is 1.20. The van der Waals surface area contributed by atoms with Crippen LogP contribution in [0.15, 0.2) is 24.7 Å². The highest BCUT2D eigenvalue weighted by Gasteiger charge is 2.19. The molecule has 0 spiro atoms. The van der Waals surface area contributed by atoms with Crippen LogP contribution in [0, 0.1) is 11.6 Å². The van der Waals surface area contributed by atoms with Crippen LogP contribution in [0.1, 0.15) is 22.8 Å². The highest BCUT2D eigenvalue weighted by atomic mass is 19.3. The number of nitrogens with zero attached hydrogens (tertiary/aromatic N) is 2. The van der Waals surface area contributed by atoms with Crippen LogP contribution in [-0.4, -0.2) is 29.1 Å². The van der Waals surface area contributed by atoms with Crippen molar-refractivity contribution in [3.8, 4) is 11.6 Å². The number of carbonyl (C=O) groups is 1. The van der Waals surface area contributed by atoms with E-state index in [2.05, 4.69) is 20.0 Å². The molecule has 0 unspecified atom stereocenters. The molecule has 0 saturated heterocycles. The van der Waals surface area contributed by atoms with E-state index in [1.165, 1.54) is 12.5 Å². The van der Waals surface area contributed by atoms with Gasteiger partial charge in [-0.3, -0.25) is 4.79 Å². The first-order chi connectivity index (χ1) is 11.9. The van der Waals surface area contributed by atoms with Crippen LogP contribution in [0.3, 0.4) is 0 Å². The van der Waals surface area contributed by atoms with Crippen molar-refractivity contribution in [3.63, 3.8) is 0 Å². The summed E-state index contributed by atoms with van der Waals surface area (Å²) in [5.74, 6) is -4.64. The topological polar surface area (TPSA) is 73.3 Å². The fourth-order valence-electron chi connectivity index (χ4n) is 1.91. The van der Waals surface area contributed by atoms with Crippen molar-refractivity contribution in [2.45, 2.75) is 20.1 Å². The minimum absolute atomic E-state index is 0.0620. The molecule has 0 bridgehead atoms. The highest BCUT2D eigenvalue weighted by Crippen LogP contribution is 2.25. The van der Waals surface area contributed by atoms with Gasteiger partial charge in [-0.25, -0.2) is 18.7 Å². The fourth-order valence-corrected chi connectivity index (χ4v) is 1.91. The average molecular weight is 359 g/mol. The predicted octanol–water partition coefficient (Wildman–Crippen LogP) is 2.68. The molecule has 1 amide bonds. The number of alkyl halides is 2. The third-order valence-electron chi connectivity index (χ3n) is 2.93. The van der Waals surface area contributed by atoms with Gasteiger partial charge in [0.15, 0.2) is 17.4 Å². The zero-order chi connectivity index (χ0) is 18.4. The first kappa shape index (κ1) is 18.4. The molecular weight excluding hydrogens is 346 g/mol. The third kappa shape index (κ3) is 4.78. The molecule has 0 aliphatic carbocycles. The molecule has 0 aliphatic rings. The molecule has 1 heterocycles. The molecule has 0 radical (unpaired) electrons. The summed E-state index contributed by atoms with van der Waals surface area (Å²) in [5.41, 5.74) is 0.0581. The number of amides is 1. The molecule has 25 heavy (non-hydrogen) atoms. The normalized spacial score (nSPS) is 10.6. The average Bonchev–Trinajstić information content (AvgIpc) is 2.57. The number of benzene rings is 1. The van der Waals surface area contributed by atoms with Crippen LogP contribution in [0.4, 0.5) is 17.6 Å². The molecule has 0 saturated carbocycles. The maximum atomic E-state index is 13.6. The van der Waals surface area contributed by atoms with Crippen molar-refractivity contribution in [2.24, 2.45) is 0 Å². The molecule has 0 fully saturated rings. The van der Waals surface area contributed by atoms with Crippen molar-refractivity contribution in [1.29, 1.82) is 0 Å². The van der Waals surface area contributed by atoms with Gasteiger partial charge < -0.3 is 14.8 Å². The van der Waals surface area contributed by atoms with Gasteiger partial charge in [0, 0.05) is 18.3 Å². The number of carbonyl (C=O) groups excluding carboxylic acids is 1. The fraction of sp³-hybridized carbons (Fsp3) is 0.267. The van der Waals surface area contributed by atoms with Gasteiger partial charge in [-0.15, -0.1) is 0 Å². The number of hydrogen-bond donors (Lipinski definition) is 1. The first-order valence-corrected chi connectivity index (χ1v) is 7.06. The van der Waals surface area contributed by atoms with Crippen molar-refractivity contribution in [2.75, 3.05) is 6.61 Å². The smallest absolute Gasteiger partial charge is 0.387 e. The number of nitrogens with one attached hydrogen (secondary N) is 1. The molecule has 0 aliphatic heterocycles. The molecule has 10 heteroatoms. The van der Waals surface area contributed by atoms with Crippen LogP contribution in [0.2, 0.25) is 0 Å². The summed E-state index contributed by atoms with van der Waals surface area (Å²) < 4.78 is 60.5. The Balaban J connectivity index is 2.11. The minimum atomic E-state index is -3.39. The molecule has 1 N–H and O–H groups in total. The number of hydrogen-bond acceptors (Lipinski definition) is 5. The monoisotopic (exact) mass is 359 g/mol. The van der Waals surface area contributed by atoms with Crippen LogP contribution < -0.4 is 14.8 Å². The predicted molar refractivity (Wildman–Crippen MR) is 77.4 cm³/mol. The molecule has 6 nitrogen and oxygen atoms in total. The summed E-state index contributed by atoms with van der Waals surface area (Å²) in [4.78, 5) is 19.7. The van der Waals surface area contributed by atoms with Gasteiger partial charge in [0.1, 0.15) is 6.33 Å². The van der Waals surface area contributed by atoms with Crippen molar-refractivity contribution >= 4 is 5.91 Å². The molecular formula is C15H13F4N3O3. The summed E-state index contributed by atoms with van der Waals surface area (Å²) in [5, 5.41) is 2.41. The lowest BCUT2D eigenvalue weighted by atomic mass is 10.2. The van der Waals surface area contributed by atoms with E-state index in [9.17, 15) is 22.4 Å². The standard InChI is InChI=1S/C15H13F4N3O3/c1-2-24-14-9(5-20-7-22-14)6-21-13(23)8-3-10(16)12(11(17)4-8)25-15(18)19/h3-5,7,15H,2,6H2,1H3,(H,21,23). The quantitative estimate of drug-likeness (QED) is 0.770. The summed E-state index contributed by atoms with van der Waals surface area (Å²) in [6.07, 6.45) is 2.68. The SMILES string of the molecule is CCOc1ncncc1CNC(=O)c1cc(F)c(OC(F)F)c(F)c1. The van der Waals surface area contributed by atoms with E-state index in [0.717, 1.165) is 0 Å². The molecule has 2 rings (SSSR count). The van der Waals surface area contributed by atoms with E-state index in [0.29, 0.717) is 24.3 Å². The van der Waals surface area contributed by atoms with Gasteiger partial charge in [0.25, 0.3) is 5.91 Å². The Morgan fingerprint density at radius 3 is 2.56 bits per heavy atom. The van der Waals surface area contributed by atoms with Crippen molar-refractivity contribution < 1.29 is 31.8 Å². The summed E-state index contributed by atoms with van der Waals surface area (Å²) in [7, 11) is 0. The Bertz CT molecular complexity index is 736. The number of halogens is 4. The lowest BCUT2D eigenvalue weighted by Gasteiger charge is -2.11. The van der Waals surface area contributed by atoms with E-state index >= 15 is 0 Å². The van der Waals surface area contributed by atoms with Crippen LogP contribution >= 0.6 is 0 Å². The molecule has 1 aromatic carbocycles. The summed E-state index contributed by atoms with van der Waals surface area (Å²) in [6.45, 7) is -1.36. The Hall–Kier alpha value is -2.91. The number of ether oxygens (including phenoxy) is 2. The lowest BCUT2D eigenvalue weighted by Crippen LogP contribution is -2.24. The minimum Gasteiger partial charge on any atom is -0.478 e. The Kier molecular flexibility index (Phi) is 6.09. The van der Waals surface area contributed by atoms with Crippen molar-refractivity contribution in [1.82, 2.24) is 15.3 Å². The molecule has 1 aromatic heterocycles. The van der Waals surface area contributed by atoms with Gasteiger partial charge >= 0.3 is 6.61 Å². The Morgan fingerprint density at radius 1 is 1.28 bits per heavy atom. The summed E-state index contributed by atoms with van der Waals surface area (Å²) >= 11 is 0. The maximum absolute atomic E-state index is 13.6. The third-order valence-corrected chi connectivity index (χ3v) is 2.93. The van der Waals surface area contributed by atoms with Crippen LogP contribution in [-0.2, 0) is 6.54 Å². The highest BCUT2D eigenvalue weighted by molar-refractivity contribution is 5.94. The second-order valence-corrected chi connectivity index (χ2v) is 4.62. The number of aromatic nitrogens is 2. The lowest BCUT2D eigenvalue weighted by molar-refractivity contribution is -0.0546. The van der Waals surface area contributed by atoms with Gasteiger partial charge in [-0.05, 0) is 19.1 Å². The molecule has 134 valence electrons. The van der Waals surface area contributed by atoms with E-state index in [1.54, 1.807) is 6.92 Å². The van der Waals surface area contributed by atoms with Crippen LogP contribution in [0.5, 0.6) is 11.6 Å². The second kappa shape index (κ2) is 8.27. The van der Waals surface area contributed by atoms with Gasteiger partial charge in [-0.2, -0.15) is 8.78 Å².